The molecule has 0 saturated carbocycles. The van der Waals surface area contributed by atoms with E-state index < -0.39 is 0 Å². The summed E-state index contributed by atoms with van der Waals surface area (Å²) in [5.41, 5.74) is 2.49. The summed E-state index contributed by atoms with van der Waals surface area (Å²) in [6.07, 6.45) is 6.06. The van der Waals surface area contributed by atoms with Crippen LogP contribution in [0.25, 0.3) is 10.9 Å². The minimum atomic E-state index is -0.0626. The van der Waals surface area contributed by atoms with Crippen molar-refractivity contribution in [2.45, 2.75) is 45.4 Å². The Labute approximate surface area is 121 Å². The van der Waals surface area contributed by atoms with Crippen LogP contribution < -0.4 is 0 Å². The highest BCUT2D eigenvalue weighted by Crippen LogP contribution is 2.38. The first kappa shape index (κ1) is 14.8. The molecule has 0 unspecified atom stereocenters. The molecule has 0 fully saturated rings. The van der Waals surface area contributed by atoms with Gasteiger partial charge in [-0.05, 0) is 24.0 Å². The SMILES string of the molecule is CC(C)CC[C@@](C)(CC=O)c1cn(C)c2ccccc12. The number of benzene rings is 1. The second kappa shape index (κ2) is 5.82. The zero-order valence-electron chi connectivity index (χ0n) is 13.0. The molecule has 1 atom stereocenters. The lowest BCUT2D eigenvalue weighted by Gasteiger charge is -2.28. The molecule has 0 aliphatic rings. The molecule has 0 aliphatic carbocycles. The Hall–Kier alpha value is -1.57. The van der Waals surface area contributed by atoms with Crippen molar-refractivity contribution in [2.75, 3.05) is 0 Å². The Morgan fingerprint density at radius 2 is 2.00 bits per heavy atom. The quantitative estimate of drug-likeness (QED) is 0.711. The largest absolute Gasteiger partial charge is 0.350 e. The van der Waals surface area contributed by atoms with Crippen molar-refractivity contribution in [1.29, 1.82) is 0 Å². The topological polar surface area (TPSA) is 22.0 Å². The summed E-state index contributed by atoms with van der Waals surface area (Å²) in [5.74, 6) is 0.663. The minimum Gasteiger partial charge on any atom is -0.350 e. The van der Waals surface area contributed by atoms with Crippen LogP contribution >= 0.6 is 0 Å². The highest BCUT2D eigenvalue weighted by molar-refractivity contribution is 5.85. The molecule has 1 aromatic carbocycles. The molecular weight excluding hydrogens is 246 g/mol. The van der Waals surface area contributed by atoms with Crippen molar-refractivity contribution >= 4 is 17.2 Å². The van der Waals surface area contributed by atoms with Gasteiger partial charge in [0.25, 0.3) is 0 Å². The number of hydrogen-bond acceptors (Lipinski definition) is 1. The maximum atomic E-state index is 11.2. The number of aldehydes is 1. The van der Waals surface area contributed by atoms with Crippen molar-refractivity contribution < 1.29 is 4.79 Å². The van der Waals surface area contributed by atoms with Crippen LogP contribution in [0.1, 0.15) is 45.6 Å². The lowest BCUT2D eigenvalue weighted by molar-refractivity contribution is -0.108. The number of fused-ring (bicyclic) bond motifs is 1. The number of carbonyl (C=O) groups is 1. The normalized spacial score (nSPS) is 14.7. The molecule has 2 aromatic rings. The van der Waals surface area contributed by atoms with Crippen LogP contribution in [0.3, 0.4) is 0 Å². The van der Waals surface area contributed by atoms with Crippen LogP contribution in [0, 0.1) is 5.92 Å². The first-order valence-corrected chi connectivity index (χ1v) is 7.46. The lowest BCUT2D eigenvalue weighted by Crippen LogP contribution is -2.23. The second-order valence-corrected chi connectivity index (χ2v) is 6.53. The van der Waals surface area contributed by atoms with E-state index >= 15 is 0 Å². The molecule has 20 heavy (non-hydrogen) atoms. The molecule has 1 aromatic heterocycles. The fraction of sp³-hybridized carbons (Fsp3) is 0.500. The van der Waals surface area contributed by atoms with Crippen molar-refractivity contribution in [3.8, 4) is 0 Å². The van der Waals surface area contributed by atoms with Crippen LogP contribution in [0.4, 0.5) is 0 Å². The zero-order chi connectivity index (χ0) is 14.8. The van der Waals surface area contributed by atoms with E-state index in [1.165, 1.54) is 16.5 Å². The van der Waals surface area contributed by atoms with Crippen LogP contribution in [0.15, 0.2) is 30.5 Å². The number of aromatic nitrogens is 1. The average Bonchev–Trinajstić information content (AvgIpc) is 2.76. The summed E-state index contributed by atoms with van der Waals surface area (Å²) < 4.78 is 2.17. The molecule has 0 aliphatic heterocycles. The van der Waals surface area contributed by atoms with E-state index in [-0.39, 0.29) is 5.41 Å². The van der Waals surface area contributed by atoms with Crippen LogP contribution in [0.2, 0.25) is 0 Å². The van der Waals surface area contributed by atoms with Gasteiger partial charge in [-0.2, -0.15) is 0 Å². The van der Waals surface area contributed by atoms with E-state index in [0.717, 1.165) is 19.1 Å². The van der Waals surface area contributed by atoms with Gasteiger partial charge in [-0.25, -0.2) is 0 Å². The van der Waals surface area contributed by atoms with Crippen LogP contribution in [0.5, 0.6) is 0 Å². The summed E-state index contributed by atoms with van der Waals surface area (Å²) in [7, 11) is 2.08. The van der Waals surface area contributed by atoms with Crippen LogP contribution in [-0.2, 0) is 17.3 Å². The zero-order valence-corrected chi connectivity index (χ0v) is 13.0. The average molecular weight is 271 g/mol. The van der Waals surface area contributed by atoms with E-state index in [2.05, 4.69) is 62.8 Å². The molecule has 2 rings (SSSR count). The van der Waals surface area contributed by atoms with Gasteiger partial charge in [-0.15, -0.1) is 0 Å². The molecule has 0 bridgehead atoms. The summed E-state index contributed by atoms with van der Waals surface area (Å²) >= 11 is 0. The predicted molar refractivity (Wildman–Crippen MR) is 85.0 cm³/mol. The third-order valence-corrected chi connectivity index (χ3v) is 4.35. The summed E-state index contributed by atoms with van der Waals surface area (Å²) in [4.78, 5) is 11.2. The third kappa shape index (κ3) is 2.79. The molecule has 2 nitrogen and oxygen atoms in total. The first-order valence-electron chi connectivity index (χ1n) is 7.46. The lowest BCUT2D eigenvalue weighted by atomic mass is 9.75. The second-order valence-electron chi connectivity index (χ2n) is 6.53. The smallest absolute Gasteiger partial charge is 0.120 e. The van der Waals surface area contributed by atoms with Gasteiger partial charge in [0.2, 0.25) is 0 Å². The van der Waals surface area contributed by atoms with Crippen molar-refractivity contribution in [3.05, 3.63) is 36.0 Å². The standard InChI is InChI=1S/C18H25NO/c1-14(2)9-10-18(3,11-12-20)16-13-19(4)17-8-6-5-7-15(16)17/h5-8,12-14H,9-11H2,1-4H3/t18-/m0/s1. The predicted octanol–water partition coefficient (Wildman–Crippen LogP) is 4.46. The third-order valence-electron chi connectivity index (χ3n) is 4.35. The first-order chi connectivity index (χ1) is 9.48. The Morgan fingerprint density at radius 3 is 2.65 bits per heavy atom. The van der Waals surface area contributed by atoms with Gasteiger partial charge in [0.15, 0.2) is 0 Å². The molecule has 2 heteroatoms. The number of carbonyl (C=O) groups excluding carboxylic acids is 1. The van der Waals surface area contributed by atoms with Gasteiger partial charge in [-0.1, -0.05) is 45.4 Å². The van der Waals surface area contributed by atoms with E-state index in [1.807, 2.05) is 0 Å². The van der Waals surface area contributed by atoms with E-state index in [1.54, 1.807) is 0 Å². The molecule has 0 N–H and O–H groups in total. The molecule has 1 heterocycles. The monoisotopic (exact) mass is 271 g/mol. The molecular formula is C18H25NO. The Bertz CT molecular complexity index is 596. The van der Waals surface area contributed by atoms with Gasteiger partial charge in [-0.3, -0.25) is 0 Å². The number of hydrogen-bond donors (Lipinski definition) is 0. The Morgan fingerprint density at radius 1 is 1.30 bits per heavy atom. The summed E-state index contributed by atoms with van der Waals surface area (Å²) in [6, 6.07) is 8.46. The summed E-state index contributed by atoms with van der Waals surface area (Å²) in [5, 5.41) is 1.28. The van der Waals surface area contributed by atoms with Crippen molar-refractivity contribution in [2.24, 2.45) is 13.0 Å². The maximum Gasteiger partial charge on any atom is 0.120 e. The maximum absolute atomic E-state index is 11.2. The molecule has 0 radical (unpaired) electrons. The highest BCUT2D eigenvalue weighted by atomic mass is 16.1. The number of aryl methyl sites for hydroxylation is 1. The van der Waals surface area contributed by atoms with Gasteiger partial charge in [0, 0.05) is 36.0 Å². The number of nitrogens with zero attached hydrogens (tertiary/aromatic N) is 1. The fourth-order valence-electron chi connectivity index (χ4n) is 2.96. The van der Waals surface area contributed by atoms with Gasteiger partial charge in [0.1, 0.15) is 6.29 Å². The fourth-order valence-corrected chi connectivity index (χ4v) is 2.96. The van der Waals surface area contributed by atoms with Gasteiger partial charge in [0.05, 0.1) is 0 Å². The molecule has 0 spiro atoms. The van der Waals surface area contributed by atoms with Crippen LogP contribution in [-0.4, -0.2) is 10.9 Å². The minimum absolute atomic E-state index is 0.0626. The molecule has 0 saturated heterocycles. The van der Waals surface area contributed by atoms with Gasteiger partial charge >= 0.3 is 0 Å². The Balaban J connectivity index is 2.48. The van der Waals surface area contributed by atoms with E-state index in [9.17, 15) is 4.79 Å². The van der Waals surface area contributed by atoms with Crippen molar-refractivity contribution in [3.63, 3.8) is 0 Å². The van der Waals surface area contributed by atoms with Gasteiger partial charge < -0.3 is 9.36 Å². The molecule has 0 amide bonds. The Kier molecular flexibility index (Phi) is 4.32. The number of rotatable bonds is 6. The van der Waals surface area contributed by atoms with Crippen molar-refractivity contribution in [1.82, 2.24) is 4.57 Å². The highest BCUT2D eigenvalue weighted by Gasteiger charge is 2.29. The number of para-hydroxylation sites is 1. The summed E-state index contributed by atoms with van der Waals surface area (Å²) in [6.45, 7) is 6.71. The molecule has 108 valence electrons. The van der Waals surface area contributed by atoms with E-state index in [4.69, 9.17) is 0 Å². The van der Waals surface area contributed by atoms with E-state index in [0.29, 0.717) is 12.3 Å².